The van der Waals surface area contributed by atoms with Gasteiger partial charge in [-0.15, -0.1) is 0 Å². The molecule has 0 fully saturated rings. The molecule has 7 nitrogen and oxygen atoms in total. The third-order valence-corrected chi connectivity index (χ3v) is 5.55. The first-order chi connectivity index (χ1) is 14.9. The molecule has 2 heterocycles. The smallest absolute Gasteiger partial charge is 0.374 e. The van der Waals surface area contributed by atoms with E-state index in [4.69, 9.17) is 13.6 Å². The summed E-state index contributed by atoms with van der Waals surface area (Å²) in [5.41, 5.74) is 8.70. The van der Waals surface area contributed by atoms with Gasteiger partial charge in [-0.3, -0.25) is 4.79 Å². The number of furan rings is 2. The molecule has 0 saturated heterocycles. The fourth-order valence-electron chi connectivity index (χ4n) is 4.27. The average Bonchev–Trinajstić information content (AvgIpc) is 3.28. The largest absolute Gasteiger partial charge is 0.464 e. The number of carbonyl (C=O) groups excluding carboxylic acids is 2. The van der Waals surface area contributed by atoms with Gasteiger partial charge < -0.3 is 13.6 Å². The molecule has 2 aromatic heterocycles. The van der Waals surface area contributed by atoms with Crippen LogP contribution >= 0.6 is 0 Å². The summed E-state index contributed by atoms with van der Waals surface area (Å²) in [6, 6.07) is 4.04. The molecule has 3 aromatic rings. The molecule has 0 spiro atoms. The summed E-state index contributed by atoms with van der Waals surface area (Å²) in [6.45, 7) is 7.88. The Labute approximate surface area is 180 Å². The van der Waals surface area contributed by atoms with Crippen molar-refractivity contribution in [1.82, 2.24) is 5.43 Å². The molecule has 0 saturated carbocycles. The lowest BCUT2D eigenvalue weighted by atomic mass is 9.93. The molecule has 1 aromatic carbocycles. The summed E-state index contributed by atoms with van der Waals surface area (Å²) in [5.74, 6) is 0.222. The average molecular weight is 422 g/mol. The number of esters is 1. The minimum absolute atomic E-state index is 0.166. The highest BCUT2D eigenvalue weighted by atomic mass is 16.5. The monoisotopic (exact) mass is 422 g/mol. The highest BCUT2D eigenvalue weighted by Gasteiger charge is 2.28. The van der Waals surface area contributed by atoms with E-state index < -0.39 is 5.97 Å². The van der Waals surface area contributed by atoms with Gasteiger partial charge in [-0.2, -0.15) is 5.10 Å². The lowest BCUT2D eigenvalue weighted by Crippen LogP contribution is -2.23. The Morgan fingerprint density at radius 2 is 2.00 bits per heavy atom. The van der Waals surface area contributed by atoms with Gasteiger partial charge in [0.05, 0.1) is 25.0 Å². The van der Waals surface area contributed by atoms with E-state index in [1.807, 2.05) is 26.8 Å². The van der Waals surface area contributed by atoms with Crippen LogP contribution in [0.2, 0.25) is 0 Å². The van der Waals surface area contributed by atoms with Gasteiger partial charge in [0.2, 0.25) is 11.7 Å². The van der Waals surface area contributed by atoms with E-state index in [9.17, 15) is 9.59 Å². The Balaban J connectivity index is 1.54. The van der Waals surface area contributed by atoms with Gasteiger partial charge >= 0.3 is 5.97 Å². The van der Waals surface area contributed by atoms with E-state index >= 15 is 0 Å². The van der Waals surface area contributed by atoms with Crippen LogP contribution in [-0.4, -0.2) is 24.2 Å². The van der Waals surface area contributed by atoms with Gasteiger partial charge in [0, 0.05) is 28.5 Å². The van der Waals surface area contributed by atoms with E-state index in [1.54, 1.807) is 13.2 Å². The number of aryl methyl sites for hydroxylation is 3. The summed E-state index contributed by atoms with van der Waals surface area (Å²) >= 11 is 0. The van der Waals surface area contributed by atoms with Gasteiger partial charge in [-0.1, -0.05) is 6.07 Å². The number of rotatable bonds is 5. The number of nitrogens with one attached hydrogen (secondary N) is 1. The minimum Gasteiger partial charge on any atom is -0.464 e. The van der Waals surface area contributed by atoms with Gasteiger partial charge in [0.25, 0.3) is 0 Å². The summed E-state index contributed by atoms with van der Waals surface area (Å²) in [6.07, 6.45) is 4.06. The number of hydrogen-bond acceptors (Lipinski definition) is 6. The van der Waals surface area contributed by atoms with Crippen LogP contribution in [0.25, 0.3) is 11.0 Å². The Hall–Kier alpha value is -3.35. The predicted octanol–water partition coefficient (Wildman–Crippen LogP) is 4.53. The van der Waals surface area contributed by atoms with Crippen molar-refractivity contribution < 1.29 is 23.2 Å². The SMILES string of the molecule is CCOC(=O)c1oc2c(c1C)/C(=N/NC(=O)Cc1coc3cc(C)cc(C)c13)CCC2. The molecule has 0 radical (unpaired) electrons. The molecule has 0 aliphatic heterocycles. The second-order valence-corrected chi connectivity index (χ2v) is 7.91. The van der Waals surface area contributed by atoms with Crippen LogP contribution in [0.1, 0.15) is 63.9 Å². The first kappa shape index (κ1) is 20.9. The summed E-state index contributed by atoms with van der Waals surface area (Å²) < 4.78 is 16.5. The van der Waals surface area contributed by atoms with Crippen molar-refractivity contribution in [3.63, 3.8) is 0 Å². The number of amides is 1. The zero-order valence-corrected chi connectivity index (χ0v) is 18.3. The number of ether oxygens (including phenoxy) is 1. The van der Waals surface area contributed by atoms with Gasteiger partial charge in [-0.25, -0.2) is 10.2 Å². The summed E-state index contributed by atoms with van der Waals surface area (Å²) in [7, 11) is 0. The van der Waals surface area contributed by atoms with Crippen molar-refractivity contribution in [2.45, 2.75) is 53.4 Å². The van der Waals surface area contributed by atoms with Crippen molar-refractivity contribution in [2.24, 2.45) is 5.10 Å². The number of hydrazone groups is 1. The van der Waals surface area contributed by atoms with Crippen LogP contribution in [0.5, 0.6) is 0 Å². The number of nitrogens with zero attached hydrogens (tertiary/aromatic N) is 1. The van der Waals surface area contributed by atoms with Crippen molar-refractivity contribution in [2.75, 3.05) is 6.61 Å². The molecule has 4 rings (SSSR count). The number of benzene rings is 1. The molecule has 31 heavy (non-hydrogen) atoms. The molecule has 1 amide bonds. The zero-order chi connectivity index (χ0) is 22.1. The highest BCUT2D eigenvalue weighted by Crippen LogP contribution is 2.30. The van der Waals surface area contributed by atoms with Crippen molar-refractivity contribution in [1.29, 1.82) is 0 Å². The van der Waals surface area contributed by atoms with E-state index in [2.05, 4.69) is 16.6 Å². The van der Waals surface area contributed by atoms with Crippen LogP contribution < -0.4 is 5.43 Å². The molecular formula is C24H26N2O5. The highest BCUT2D eigenvalue weighted by molar-refractivity contribution is 6.06. The van der Waals surface area contributed by atoms with Gasteiger partial charge in [0.15, 0.2) is 0 Å². The van der Waals surface area contributed by atoms with Crippen molar-refractivity contribution >= 4 is 28.6 Å². The molecule has 1 aliphatic rings. The molecule has 7 heteroatoms. The third kappa shape index (κ3) is 4.00. The Kier molecular flexibility index (Phi) is 5.67. The first-order valence-electron chi connectivity index (χ1n) is 10.5. The van der Waals surface area contributed by atoms with E-state index in [0.29, 0.717) is 17.7 Å². The van der Waals surface area contributed by atoms with E-state index in [0.717, 1.165) is 51.8 Å². The maximum absolute atomic E-state index is 12.6. The number of hydrogen-bond donors (Lipinski definition) is 1. The predicted molar refractivity (Wildman–Crippen MR) is 116 cm³/mol. The standard InChI is InChI=1S/C24H26N2O5/c1-5-29-24(28)23-15(4)22-17(7-6-8-18(22)31-23)25-26-20(27)11-16-12-30-19-10-13(2)9-14(3)21(16)19/h9-10,12H,5-8,11H2,1-4H3,(H,26,27)/b25-17+. The molecule has 162 valence electrons. The molecule has 0 atom stereocenters. The second-order valence-electron chi connectivity index (χ2n) is 7.91. The third-order valence-electron chi connectivity index (χ3n) is 5.55. The second kappa shape index (κ2) is 8.41. The molecular weight excluding hydrogens is 396 g/mol. The van der Waals surface area contributed by atoms with Gasteiger partial charge in [-0.05, 0) is 57.7 Å². The van der Waals surface area contributed by atoms with Gasteiger partial charge in [0.1, 0.15) is 11.3 Å². The van der Waals surface area contributed by atoms with E-state index in [1.165, 1.54) is 0 Å². The number of carbonyl (C=O) groups is 2. The Morgan fingerprint density at radius 3 is 2.77 bits per heavy atom. The topological polar surface area (TPSA) is 94.0 Å². The van der Waals surface area contributed by atoms with Crippen LogP contribution in [0.15, 0.2) is 32.3 Å². The van der Waals surface area contributed by atoms with Crippen LogP contribution in [0, 0.1) is 20.8 Å². The fraction of sp³-hybridized carbons (Fsp3) is 0.375. The van der Waals surface area contributed by atoms with Crippen LogP contribution in [0.3, 0.4) is 0 Å². The molecule has 0 bridgehead atoms. The quantitative estimate of drug-likeness (QED) is 0.482. The Morgan fingerprint density at radius 1 is 1.19 bits per heavy atom. The molecule has 1 aliphatic carbocycles. The Bertz CT molecular complexity index is 1200. The maximum Gasteiger partial charge on any atom is 0.374 e. The summed E-state index contributed by atoms with van der Waals surface area (Å²) in [4.78, 5) is 24.8. The minimum atomic E-state index is -0.477. The summed E-state index contributed by atoms with van der Waals surface area (Å²) in [5, 5.41) is 5.35. The molecule has 1 N–H and O–H groups in total. The lowest BCUT2D eigenvalue weighted by molar-refractivity contribution is -0.120. The van der Waals surface area contributed by atoms with Crippen LogP contribution in [-0.2, 0) is 22.4 Å². The van der Waals surface area contributed by atoms with Crippen LogP contribution in [0.4, 0.5) is 0 Å². The van der Waals surface area contributed by atoms with Crippen molar-refractivity contribution in [3.8, 4) is 0 Å². The van der Waals surface area contributed by atoms with Crippen molar-refractivity contribution in [3.05, 3.63) is 57.7 Å². The molecule has 0 unspecified atom stereocenters. The maximum atomic E-state index is 12.6. The number of fused-ring (bicyclic) bond motifs is 2. The zero-order valence-electron chi connectivity index (χ0n) is 18.3. The lowest BCUT2D eigenvalue weighted by Gasteiger charge is -2.13. The first-order valence-corrected chi connectivity index (χ1v) is 10.5. The van der Waals surface area contributed by atoms with E-state index in [-0.39, 0.29) is 24.7 Å². The normalized spacial score (nSPS) is 14.6. The fourth-order valence-corrected chi connectivity index (χ4v) is 4.27.